The lowest BCUT2D eigenvalue weighted by Crippen LogP contribution is -2.39. The zero-order chi connectivity index (χ0) is 18.8. The summed E-state index contributed by atoms with van der Waals surface area (Å²) in [6.07, 6.45) is 6.08. The average molecular weight is 405 g/mol. The monoisotopic (exact) mass is 404 g/mol. The van der Waals surface area contributed by atoms with Crippen LogP contribution in [0.5, 0.6) is 0 Å². The van der Waals surface area contributed by atoms with E-state index in [4.69, 9.17) is 16.3 Å². The first kappa shape index (κ1) is 19.1. The molecule has 4 nitrogen and oxygen atoms in total. The molecule has 4 rings (SSSR count). The molecule has 0 radical (unpaired) electrons. The molecule has 1 unspecified atom stereocenters. The van der Waals surface area contributed by atoms with E-state index in [9.17, 15) is 4.79 Å². The summed E-state index contributed by atoms with van der Waals surface area (Å²) in [6.45, 7) is 5.75. The smallest absolute Gasteiger partial charge is 0.173 e. The SMILES string of the molecule is CC(=CC(=O)C1CCCN1CC1CCOCC1)c1nc2ccc(Cl)cc2s1. The number of benzene rings is 1. The first-order valence-electron chi connectivity index (χ1n) is 9.70. The highest BCUT2D eigenvalue weighted by molar-refractivity contribution is 7.19. The quantitative estimate of drug-likeness (QED) is 0.670. The van der Waals surface area contributed by atoms with E-state index in [0.717, 1.165) is 72.8 Å². The lowest BCUT2D eigenvalue weighted by molar-refractivity contribution is -0.118. The molecule has 0 aliphatic carbocycles. The van der Waals surface area contributed by atoms with E-state index in [1.807, 2.05) is 25.1 Å². The lowest BCUT2D eigenvalue weighted by Gasteiger charge is -2.30. The molecule has 3 heterocycles. The van der Waals surface area contributed by atoms with Crippen molar-refractivity contribution in [3.05, 3.63) is 34.3 Å². The van der Waals surface area contributed by atoms with Gasteiger partial charge in [0.15, 0.2) is 5.78 Å². The molecule has 1 aromatic carbocycles. The molecular weight excluding hydrogens is 380 g/mol. The van der Waals surface area contributed by atoms with Gasteiger partial charge in [-0.3, -0.25) is 9.69 Å². The van der Waals surface area contributed by atoms with Crippen molar-refractivity contribution in [1.29, 1.82) is 0 Å². The zero-order valence-electron chi connectivity index (χ0n) is 15.6. The third-order valence-corrected chi connectivity index (χ3v) is 6.96. The molecule has 0 bridgehead atoms. The molecule has 0 saturated carbocycles. The first-order valence-corrected chi connectivity index (χ1v) is 10.9. The van der Waals surface area contributed by atoms with Crippen molar-refractivity contribution in [2.75, 3.05) is 26.3 Å². The summed E-state index contributed by atoms with van der Waals surface area (Å²) in [5, 5.41) is 1.61. The number of nitrogens with zero attached hydrogens (tertiary/aromatic N) is 2. The maximum Gasteiger partial charge on any atom is 0.173 e. The Bertz CT molecular complexity index is 857. The van der Waals surface area contributed by atoms with Gasteiger partial charge in [0.05, 0.1) is 16.3 Å². The number of carbonyl (C=O) groups is 1. The summed E-state index contributed by atoms with van der Waals surface area (Å²) < 4.78 is 6.52. The second kappa shape index (κ2) is 8.39. The molecule has 0 N–H and O–H groups in total. The molecule has 1 aromatic heterocycles. The Morgan fingerprint density at radius 1 is 1.37 bits per heavy atom. The Kier molecular flexibility index (Phi) is 5.93. The number of ketones is 1. The number of halogens is 1. The van der Waals surface area contributed by atoms with Gasteiger partial charge in [0.25, 0.3) is 0 Å². The van der Waals surface area contributed by atoms with Crippen molar-refractivity contribution in [3.63, 3.8) is 0 Å². The maximum absolute atomic E-state index is 13.0. The van der Waals surface area contributed by atoms with Crippen LogP contribution < -0.4 is 0 Å². The Morgan fingerprint density at radius 2 is 2.19 bits per heavy atom. The van der Waals surface area contributed by atoms with Crippen molar-refractivity contribution in [1.82, 2.24) is 9.88 Å². The lowest BCUT2D eigenvalue weighted by atomic mass is 9.98. The van der Waals surface area contributed by atoms with Gasteiger partial charge in [-0.15, -0.1) is 11.3 Å². The van der Waals surface area contributed by atoms with Crippen molar-refractivity contribution < 1.29 is 9.53 Å². The van der Waals surface area contributed by atoms with Crippen LogP contribution in [0.4, 0.5) is 0 Å². The summed E-state index contributed by atoms with van der Waals surface area (Å²) in [6, 6.07) is 5.73. The standard InChI is InChI=1S/C21H25ClN2O2S/c1-14(21-23-17-5-4-16(22)12-20(17)27-21)11-19(25)18-3-2-8-24(18)13-15-6-9-26-10-7-15/h4-5,11-12,15,18H,2-3,6-10,13H2,1H3. The molecule has 2 aliphatic heterocycles. The van der Waals surface area contributed by atoms with Gasteiger partial charge in [-0.05, 0) is 74.9 Å². The van der Waals surface area contributed by atoms with Gasteiger partial charge < -0.3 is 4.74 Å². The minimum Gasteiger partial charge on any atom is -0.381 e. The summed E-state index contributed by atoms with van der Waals surface area (Å²) in [5.41, 5.74) is 1.87. The van der Waals surface area contributed by atoms with Gasteiger partial charge in [0.2, 0.25) is 0 Å². The minimum atomic E-state index is 0.0200. The van der Waals surface area contributed by atoms with E-state index in [1.54, 1.807) is 17.4 Å². The highest BCUT2D eigenvalue weighted by Crippen LogP contribution is 2.30. The van der Waals surface area contributed by atoms with E-state index in [-0.39, 0.29) is 11.8 Å². The predicted octanol–water partition coefficient (Wildman–Crippen LogP) is 4.81. The second-order valence-electron chi connectivity index (χ2n) is 7.57. The van der Waals surface area contributed by atoms with Crippen LogP contribution >= 0.6 is 22.9 Å². The van der Waals surface area contributed by atoms with Crippen LogP contribution in [0.3, 0.4) is 0 Å². The number of likely N-dealkylation sites (tertiary alicyclic amines) is 1. The highest BCUT2D eigenvalue weighted by atomic mass is 35.5. The van der Waals surface area contributed by atoms with Crippen molar-refractivity contribution in [2.45, 2.75) is 38.6 Å². The highest BCUT2D eigenvalue weighted by Gasteiger charge is 2.31. The summed E-state index contributed by atoms with van der Waals surface area (Å²) in [4.78, 5) is 20.0. The van der Waals surface area contributed by atoms with Gasteiger partial charge in [-0.25, -0.2) is 4.98 Å². The van der Waals surface area contributed by atoms with Gasteiger partial charge in [0.1, 0.15) is 5.01 Å². The van der Waals surface area contributed by atoms with Gasteiger partial charge >= 0.3 is 0 Å². The van der Waals surface area contributed by atoms with Crippen LogP contribution in [-0.4, -0.2) is 48.0 Å². The van der Waals surface area contributed by atoms with E-state index in [2.05, 4.69) is 9.88 Å². The molecule has 0 amide bonds. The number of carbonyl (C=O) groups excluding carboxylic acids is 1. The third kappa shape index (κ3) is 4.43. The fourth-order valence-corrected chi connectivity index (χ4v) is 5.28. The Hall–Kier alpha value is -1.27. The molecule has 0 spiro atoms. The first-order chi connectivity index (χ1) is 13.1. The third-order valence-electron chi connectivity index (χ3n) is 5.57. The van der Waals surface area contributed by atoms with Crippen LogP contribution in [0, 0.1) is 5.92 Å². The largest absolute Gasteiger partial charge is 0.381 e. The van der Waals surface area contributed by atoms with Crippen LogP contribution in [0.1, 0.15) is 37.6 Å². The van der Waals surface area contributed by atoms with Crippen LogP contribution in [0.2, 0.25) is 5.02 Å². The van der Waals surface area contributed by atoms with Crippen molar-refractivity contribution in [3.8, 4) is 0 Å². The van der Waals surface area contributed by atoms with Gasteiger partial charge in [-0.2, -0.15) is 0 Å². The van der Waals surface area contributed by atoms with Crippen LogP contribution in [-0.2, 0) is 9.53 Å². The minimum absolute atomic E-state index is 0.0200. The van der Waals surface area contributed by atoms with Crippen LogP contribution in [0.25, 0.3) is 15.8 Å². The van der Waals surface area contributed by atoms with Crippen molar-refractivity contribution in [2.24, 2.45) is 5.92 Å². The fourth-order valence-electron chi connectivity index (χ4n) is 4.07. The van der Waals surface area contributed by atoms with E-state index >= 15 is 0 Å². The van der Waals surface area contributed by atoms with E-state index < -0.39 is 0 Å². The molecule has 2 aliphatic rings. The predicted molar refractivity (Wildman–Crippen MR) is 111 cm³/mol. The summed E-state index contributed by atoms with van der Waals surface area (Å²) in [5.74, 6) is 0.876. The summed E-state index contributed by atoms with van der Waals surface area (Å²) >= 11 is 7.66. The van der Waals surface area contributed by atoms with E-state index in [1.165, 1.54) is 0 Å². The summed E-state index contributed by atoms with van der Waals surface area (Å²) in [7, 11) is 0. The number of fused-ring (bicyclic) bond motifs is 1. The normalized spacial score (nSPS) is 22.6. The Morgan fingerprint density at radius 3 is 3.00 bits per heavy atom. The molecule has 2 saturated heterocycles. The molecule has 144 valence electrons. The zero-order valence-corrected chi connectivity index (χ0v) is 17.2. The number of hydrogen-bond acceptors (Lipinski definition) is 5. The van der Waals surface area contributed by atoms with Crippen molar-refractivity contribution >= 4 is 44.5 Å². The molecular formula is C21H25ClN2O2S. The Labute approximate surface area is 169 Å². The number of aromatic nitrogens is 1. The average Bonchev–Trinajstić information content (AvgIpc) is 3.29. The number of hydrogen-bond donors (Lipinski definition) is 0. The number of thiazole rings is 1. The molecule has 27 heavy (non-hydrogen) atoms. The molecule has 2 aromatic rings. The topological polar surface area (TPSA) is 42.4 Å². The maximum atomic E-state index is 13.0. The Balaban J connectivity index is 1.46. The molecule has 2 fully saturated rings. The van der Waals surface area contributed by atoms with Crippen LogP contribution in [0.15, 0.2) is 24.3 Å². The number of ether oxygens (including phenoxy) is 1. The van der Waals surface area contributed by atoms with Gasteiger partial charge in [-0.1, -0.05) is 11.6 Å². The second-order valence-corrected chi connectivity index (χ2v) is 9.04. The van der Waals surface area contributed by atoms with E-state index in [0.29, 0.717) is 10.9 Å². The number of rotatable bonds is 5. The molecule has 6 heteroatoms. The fraction of sp³-hybridized carbons (Fsp3) is 0.524. The van der Waals surface area contributed by atoms with Gasteiger partial charge in [0, 0.05) is 24.8 Å². The molecule has 1 atom stereocenters. The number of allylic oxidation sites excluding steroid dienone is 1.